The van der Waals surface area contributed by atoms with Gasteiger partial charge in [-0.05, 0) is 6.07 Å². The summed E-state index contributed by atoms with van der Waals surface area (Å²) in [7, 11) is 0. The zero-order valence-electron chi connectivity index (χ0n) is 5.29. The summed E-state index contributed by atoms with van der Waals surface area (Å²) < 4.78 is 13.0. The molecule has 0 spiro atoms. The molecule has 52 valence electrons. The summed E-state index contributed by atoms with van der Waals surface area (Å²) in [5.41, 5.74) is 0.401. The average molecular weight is 139 g/mol. The van der Waals surface area contributed by atoms with Crippen molar-refractivity contribution < 1.29 is 4.39 Å². The molecule has 0 aliphatic heterocycles. The van der Waals surface area contributed by atoms with Gasteiger partial charge in [0.1, 0.15) is 18.4 Å². The second-order valence-corrected chi connectivity index (χ2v) is 1.74. The molecule has 1 aromatic rings. The van der Waals surface area contributed by atoms with Crippen LogP contribution in [-0.4, -0.2) is 16.5 Å². The van der Waals surface area contributed by atoms with Crippen LogP contribution in [0.5, 0.6) is 0 Å². The zero-order chi connectivity index (χ0) is 7.40. The normalized spacial score (nSPS) is 9.20. The quantitative estimate of drug-likeness (QED) is 0.605. The van der Waals surface area contributed by atoms with E-state index in [0.29, 0.717) is 5.69 Å². The van der Waals surface area contributed by atoms with E-state index < -0.39 is 6.67 Å². The van der Waals surface area contributed by atoms with Crippen molar-refractivity contribution in [2.75, 3.05) is 6.67 Å². The lowest BCUT2D eigenvalue weighted by Crippen LogP contribution is -2.03. The molecule has 0 fully saturated rings. The van der Waals surface area contributed by atoms with E-state index >= 15 is 0 Å². The van der Waals surface area contributed by atoms with E-state index in [-0.39, 0.29) is 6.54 Å². The van der Waals surface area contributed by atoms with Crippen LogP contribution < -0.4 is 0 Å². The number of alkyl halides is 1. The topological polar surface area (TPSA) is 41.6 Å². The van der Waals surface area contributed by atoms with Gasteiger partial charge in [-0.15, -0.1) is 0 Å². The van der Waals surface area contributed by atoms with E-state index in [9.17, 15) is 4.39 Å². The molecule has 0 amide bonds. The first kappa shape index (κ1) is 6.75. The summed E-state index contributed by atoms with van der Waals surface area (Å²) >= 11 is 0. The van der Waals surface area contributed by atoms with Gasteiger partial charge in [0.25, 0.3) is 0 Å². The molecule has 1 heterocycles. The fraction of sp³-hybridized carbons (Fsp3) is 0.333. The van der Waals surface area contributed by atoms with E-state index in [4.69, 9.17) is 5.26 Å². The smallest absolute Gasteiger partial charge is 0.138 e. The van der Waals surface area contributed by atoms with Gasteiger partial charge in [0, 0.05) is 0 Å². The molecule has 4 heteroatoms. The lowest BCUT2D eigenvalue weighted by atomic mass is 10.5. The summed E-state index contributed by atoms with van der Waals surface area (Å²) in [6.45, 7) is -0.327. The molecule has 0 aromatic carbocycles. The standard InChI is InChI=1S/C6H6FN3/c7-2-4-10-6(5-8)1-3-9-10/h1,3H,2,4H2. The van der Waals surface area contributed by atoms with Gasteiger partial charge in [0.05, 0.1) is 12.7 Å². The lowest BCUT2D eigenvalue weighted by molar-refractivity contribution is 0.425. The van der Waals surface area contributed by atoms with Crippen LogP contribution in [0.15, 0.2) is 12.3 Å². The summed E-state index contributed by atoms with van der Waals surface area (Å²) in [5.74, 6) is 0. The van der Waals surface area contributed by atoms with E-state index in [1.165, 1.54) is 10.9 Å². The first-order valence-electron chi connectivity index (χ1n) is 2.86. The minimum atomic E-state index is -0.490. The molecule has 1 aromatic heterocycles. The van der Waals surface area contributed by atoms with Gasteiger partial charge in [-0.2, -0.15) is 10.4 Å². The predicted octanol–water partition coefficient (Wildman–Crippen LogP) is 0.724. The maximum Gasteiger partial charge on any atom is 0.138 e. The van der Waals surface area contributed by atoms with Crippen LogP contribution in [0.1, 0.15) is 5.69 Å². The Kier molecular flexibility index (Phi) is 2.00. The van der Waals surface area contributed by atoms with E-state index in [1.54, 1.807) is 6.07 Å². The molecule has 0 N–H and O–H groups in total. The summed E-state index contributed by atoms with van der Waals surface area (Å²) in [6.07, 6.45) is 1.48. The largest absolute Gasteiger partial charge is 0.252 e. The maximum atomic E-state index is 11.7. The highest BCUT2D eigenvalue weighted by Crippen LogP contribution is 1.95. The van der Waals surface area contributed by atoms with Crippen LogP contribution in [0.2, 0.25) is 0 Å². The third-order valence-electron chi connectivity index (χ3n) is 1.13. The second kappa shape index (κ2) is 2.97. The van der Waals surface area contributed by atoms with Crippen LogP contribution in [0.4, 0.5) is 4.39 Å². The molecule has 0 unspecified atom stereocenters. The molecule has 1 rings (SSSR count). The van der Waals surface area contributed by atoms with Crippen molar-refractivity contribution in [1.29, 1.82) is 5.26 Å². The van der Waals surface area contributed by atoms with Crippen molar-refractivity contribution >= 4 is 0 Å². The number of nitrogens with zero attached hydrogens (tertiary/aromatic N) is 3. The Labute approximate surface area is 57.7 Å². The Morgan fingerprint density at radius 2 is 2.60 bits per heavy atom. The third-order valence-corrected chi connectivity index (χ3v) is 1.13. The summed E-state index contributed by atoms with van der Waals surface area (Å²) in [5, 5.41) is 12.1. The molecule has 0 aliphatic carbocycles. The molecule has 0 radical (unpaired) electrons. The van der Waals surface area contributed by atoms with Gasteiger partial charge in [-0.3, -0.25) is 4.68 Å². The van der Waals surface area contributed by atoms with Gasteiger partial charge in [-0.25, -0.2) is 4.39 Å². The number of aryl methyl sites for hydroxylation is 1. The van der Waals surface area contributed by atoms with Crippen LogP contribution in [-0.2, 0) is 6.54 Å². The number of rotatable bonds is 2. The van der Waals surface area contributed by atoms with Crippen molar-refractivity contribution in [3.8, 4) is 6.07 Å². The Bertz CT molecular complexity index is 248. The van der Waals surface area contributed by atoms with Crippen LogP contribution in [0.3, 0.4) is 0 Å². The second-order valence-electron chi connectivity index (χ2n) is 1.74. The first-order chi connectivity index (χ1) is 4.88. The highest BCUT2D eigenvalue weighted by molar-refractivity contribution is 5.17. The average Bonchev–Trinajstić information content (AvgIpc) is 2.36. The molecule has 0 bridgehead atoms. The fourth-order valence-electron chi connectivity index (χ4n) is 0.686. The monoisotopic (exact) mass is 139 g/mol. The Morgan fingerprint density at radius 3 is 3.20 bits per heavy atom. The van der Waals surface area contributed by atoms with E-state index in [1.807, 2.05) is 6.07 Å². The maximum absolute atomic E-state index is 11.7. The Morgan fingerprint density at radius 1 is 1.80 bits per heavy atom. The van der Waals surface area contributed by atoms with Gasteiger partial charge >= 0.3 is 0 Å². The number of hydrogen-bond donors (Lipinski definition) is 0. The number of aromatic nitrogens is 2. The molecular weight excluding hydrogens is 133 g/mol. The summed E-state index contributed by atoms with van der Waals surface area (Å²) in [6, 6.07) is 3.45. The van der Waals surface area contributed by atoms with Crippen LogP contribution >= 0.6 is 0 Å². The first-order valence-corrected chi connectivity index (χ1v) is 2.86. The fourth-order valence-corrected chi connectivity index (χ4v) is 0.686. The number of halogens is 1. The Balaban J connectivity index is 2.82. The third kappa shape index (κ3) is 1.13. The SMILES string of the molecule is N#Cc1ccnn1CCF. The lowest BCUT2D eigenvalue weighted by Gasteiger charge is -1.95. The summed E-state index contributed by atoms with van der Waals surface area (Å²) in [4.78, 5) is 0. The molecule has 0 saturated heterocycles. The van der Waals surface area contributed by atoms with E-state index in [2.05, 4.69) is 5.10 Å². The van der Waals surface area contributed by atoms with Gasteiger partial charge in [-0.1, -0.05) is 0 Å². The van der Waals surface area contributed by atoms with E-state index in [0.717, 1.165) is 0 Å². The predicted molar refractivity (Wildman–Crippen MR) is 32.9 cm³/mol. The van der Waals surface area contributed by atoms with Gasteiger partial charge in [0.15, 0.2) is 0 Å². The molecule has 0 saturated carbocycles. The molecular formula is C6H6FN3. The van der Waals surface area contributed by atoms with Crippen molar-refractivity contribution in [2.45, 2.75) is 6.54 Å². The molecule has 10 heavy (non-hydrogen) atoms. The number of nitriles is 1. The molecule has 0 atom stereocenters. The number of hydrogen-bond acceptors (Lipinski definition) is 2. The minimum absolute atomic E-state index is 0.163. The van der Waals surface area contributed by atoms with Crippen LogP contribution in [0, 0.1) is 11.3 Å². The minimum Gasteiger partial charge on any atom is -0.252 e. The molecule has 3 nitrogen and oxygen atoms in total. The Hall–Kier alpha value is -1.37. The van der Waals surface area contributed by atoms with Crippen molar-refractivity contribution in [2.24, 2.45) is 0 Å². The van der Waals surface area contributed by atoms with Crippen molar-refractivity contribution in [3.63, 3.8) is 0 Å². The van der Waals surface area contributed by atoms with Crippen molar-refractivity contribution in [3.05, 3.63) is 18.0 Å². The zero-order valence-corrected chi connectivity index (χ0v) is 5.29. The molecule has 0 aliphatic rings. The van der Waals surface area contributed by atoms with Gasteiger partial charge in [0.2, 0.25) is 0 Å². The highest BCUT2D eigenvalue weighted by atomic mass is 19.1. The van der Waals surface area contributed by atoms with Crippen LogP contribution in [0.25, 0.3) is 0 Å². The highest BCUT2D eigenvalue weighted by Gasteiger charge is 1.97. The van der Waals surface area contributed by atoms with Gasteiger partial charge < -0.3 is 0 Å². The van der Waals surface area contributed by atoms with Crippen molar-refractivity contribution in [1.82, 2.24) is 9.78 Å².